The largest absolute Gasteiger partial charge is 0.494 e. The Bertz CT molecular complexity index is 853. The third kappa shape index (κ3) is 5.56. The van der Waals surface area contributed by atoms with E-state index in [2.05, 4.69) is 40.5 Å². The highest BCUT2D eigenvalue weighted by molar-refractivity contribution is 7.80. The van der Waals surface area contributed by atoms with Crippen molar-refractivity contribution in [1.82, 2.24) is 4.90 Å². The first kappa shape index (κ1) is 18.9. The second-order valence-corrected chi connectivity index (χ2v) is 6.57. The molecule has 3 nitrogen and oxygen atoms in total. The summed E-state index contributed by atoms with van der Waals surface area (Å²) < 4.78 is 5.80. The fourth-order valence-electron chi connectivity index (χ4n) is 2.86. The first-order valence-electron chi connectivity index (χ1n) is 9.12. The SMILES string of the molecule is CCOc1ccccc1CN(Cc1ccccc1)C(=S)Nc1ccccc1. The number of nitrogens with one attached hydrogen (secondary N) is 1. The lowest BCUT2D eigenvalue weighted by Crippen LogP contribution is -2.34. The molecule has 3 aromatic rings. The molecule has 0 aliphatic heterocycles. The van der Waals surface area contributed by atoms with Gasteiger partial charge in [0.2, 0.25) is 0 Å². The molecular formula is C23H24N2OS. The van der Waals surface area contributed by atoms with Crippen molar-refractivity contribution >= 4 is 23.0 Å². The smallest absolute Gasteiger partial charge is 0.174 e. The lowest BCUT2D eigenvalue weighted by molar-refractivity contribution is 0.327. The van der Waals surface area contributed by atoms with Gasteiger partial charge >= 0.3 is 0 Å². The Hall–Kier alpha value is -2.85. The Morgan fingerprint density at radius 1 is 0.852 bits per heavy atom. The number of nitrogens with zero attached hydrogens (tertiary/aromatic N) is 1. The fraction of sp³-hybridized carbons (Fsp3) is 0.174. The Morgan fingerprint density at radius 3 is 2.19 bits per heavy atom. The van der Waals surface area contributed by atoms with Gasteiger partial charge in [-0.25, -0.2) is 0 Å². The summed E-state index contributed by atoms with van der Waals surface area (Å²) in [7, 11) is 0. The first-order valence-corrected chi connectivity index (χ1v) is 9.52. The van der Waals surface area contributed by atoms with E-state index in [0.717, 1.165) is 23.5 Å². The van der Waals surface area contributed by atoms with Gasteiger partial charge in [0.25, 0.3) is 0 Å². The normalized spacial score (nSPS) is 10.3. The van der Waals surface area contributed by atoms with Crippen molar-refractivity contribution in [3.05, 3.63) is 96.1 Å². The van der Waals surface area contributed by atoms with E-state index in [4.69, 9.17) is 17.0 Å². The monoisotopic (exact) mass is 376 g/mol. The van der Waals surface area contributed by atoms with Crippen LogP contribution >= 0.6 is 12.2 Å². The maximum absolute atomic E-state index is 5.80. The molecule has 3 aromatic carbocycles. The van der Waals surface area contributed by atoms with E-state index in [9.17, 15) is 0 Å². The van der Waals surface area contributed by atoms with Gasteiger partial charge in [-0.3, -0.25) is 0 Å². The van der Waals surface area contributed by atoms with Gasteiger partial charge in [0.1, 0.15) is 5.75 Å². The third-order valence-corrected chi connectivity index (χ3v) is 4.52. The molecule has 1 N–H and O–H groups in total. The lowest BCUT2D eigenvalue weighted by Gasteiger charge is -2.27. The zero-order valence-electron chi connectivity index (χ0n) is 15.5. The number of para-hydroxylation sites is 2. The van der Waals surface area contributed by atoms with Gasteiger partial charge in [0.05, 0.1) is 6.61 Å². The van der Waals surface area contributed by atoms with Crippen LogP contribution in [0.15, 0.2) is 84.9 Å². The molecule has 0 bridgehead atoms. The molecule has 0 saturated carbocycles. The number of hydrogen-bond acceptors (Lipinski definition) is 2. The summed E-state index contributed by atoms with van der Waals surface area (Å²) in [5.41, 5.74) is 3.31. The molecule has 27 heavy (non-hydrogen) atoms. The molecule has 0 aliphatic rings. The molecule has 0 aliphatic carbocycles. The van der Waals surface area contributed by atoms with Gasteiger partial charge in [-0.2, -0.15) is 0 Å². The standard InChI is InChI=1S/C23H24N2OS/c1-2-26-22-16-10-9-13-20(22)18-25(17-19-11-5-3-6-12-19)23(27)24-21-14-7-4-8-15-21/h3-16H,2,17-18H2,1H3,(H,24,27). The van der Waals surface area contributed by atoms with Gasteiger partial charge in [0.15, 0.2) is 5.11 Å². The zero-order chi connectivity index (χ0) is 18.9. The number of hydrogen-bond donors (Lipinski definition) is 1. The summed E-state index contributed by atoms with van der Waals surface area (Å²) in [4.78, 5) is 2.16. The zero-order valence-corrected chi connectivity index (χ0v) is 16.3. The quantitative estimate of drug-likeness (QED) is 0.552. The van der Waals surface area contributed by atoms with E-state index in [1.54, 1.807) is 0 Å². The summed E-state index contributed by atoms with van der Waals surface area (Å²) in [6.45, 7) is 4.03. The van der Waals surface area contributed by atoms with Crippen LogP contribution < -0.4 is 10.1 Å². The number of thiocarbonyl (C=S) groups is 1. The van der Waals surface area contributed by atoms with E-state index in [-0.39, 0.29) is 0 Å². The summed E-state index contributed by atoms with van der Waals surface area (Å²) in [5, 5.41) is 4.04. The minimum absolute atomic E-state index is 0.641. The molecule has 138 valence electrons. The van der Waals surface area contributed by atoms with Crippen molar-refractivity contribution in [1.29, 1.82) is 0 Å². The highest BCUT2D eigenvalue weighted by atomic mass is 32.1. The summed E-state index contributed by atoms with van der Waals surface area (Å²) in [6, 6.07) is 28.5. The lowest BCUT2D eigenvalue weighted by atomic mass is 10.1. The molecule has 0 fully saturated rings. The van der Waals surface area contributed by atoms with Gasteiger partial charge in [0, 0.05) is 24.3 Å². The number of ether oxygens (including phenoxy) is 1. The van der Waals surface area contributed by atoms with Crippen molar-refractivity contribution in [3.63, 3.8) is 0 Å². The predicted octanol–water partition coefficient (Wildman–Crippen LogP) is 5.48. The molecule has 0 radical (unpaired) electrons. The molecule has 3 rings (SSSR count). The first-order chi connectivity index (χ1) is 13.3. The fourth-order valence-corrected chi connectivity index (χ4v) is 3.11. The van der Waals surface area contributed by atoms with Crippen LogP contribution in [0.3, 0.4) is 0 Å². The second-order valence-electron chi connectivity index (χ2n) is 6.18. The van der Waals surface area contributed by atoms with Crippen LogP contribution in [0.5, 0.6) is 5.75 Å². The third-order valence-electron chi connectivity index (χ3n) is 4.16. The Morgan fingerprint density at radius 2 is 1.48 bits per heavy atom. The minimum atomic E-state index is 0.641. The van der Waals surface area contributed by atoms with Gasteiger partial charge in [-0.05, 0) is 42.9 Å². The molecule has 0 unspecified atom stereocenters. The van der Waals surface area contributed by atoms with Crippen LogP contribution in [-0.4, -0.2) is 16.6 Å². The number of anilines is 1. The molecule has 0 saturated heterocycles. The van der Waals surface area contributed by atoms with Crippen molar-refractivity contribution in [2.24, 2.45) is 0 Å². The van der Waals surface area contributed by atoms with E-state index < -0.39 is 0 Å². The molecule has 0 amide bonds. The topological polar surface area (TPSA) is 24.5 Å². The Labute approximate surface area is 166 Å². The maximum Gasteiger partial charge on any atom is 0.174 e. The van der Waals surface area contributed by atoms with Crippen molar-refractivity contribution < 1.29 is 4.74 Å². The molecule has 0 spiro atoms. The van der Waals surface area contributed by atoms with Crippen LogP contribution in [0, 0.1) is 0 Å². The minimum Gasteiger partial charge on any atom is -0.494 e. The van der Waals surface area contributed by atoms with Crippen molar-refractivity contribution in [2.45, 2.75) is 20.0 Å². The van der Waals surface area contributed by atoms with Crippen LogP contribution in [0.25, 0.3) is 0 Å². The molecule has 4 heteroatoms. The van der Waals surface area contributed by atoms with Gasteiger partial charge in [-0.1, -0.05) is 66.7 Å². The summed E-state index contributed by atoms with van der Waals surface area (Å²) in [5.74, 6) is 0.903. The van der Waals surface area contributed by atoms with Gasteiger partial charge < -0.3 is 15.0 Å². The number of benzene rings is 3. The highest BCUT2D eigenvalue weighted by Gasteiger charge is 2.14. The van der Waals surface area contributed by atoms with Crippen LogP contribution in [0.2, 0.25) is 0 Å². The summed E-state index contributed by atoms with van der Waals surface area (Å²) >= 11 is 5.74. The van der Waals surface area contributed by atoms with Crippen LogP contribution in [0.1, 0.15) is 18.1 Å². The Balaban J connectivity index is 1.82. The predicted molar refractivity (Wildman–Crippen MR) is 116 cm³/mol. The van der Waals surface area contributed by atoms with E-state index >= 15 is 0 Å². The van der Waals surface area contributed by atoms with Gasteiger partial charge in [-0.15, -0.1) is 0 Å². The molecule has 0 atom stereocenters. The molecule has 0 heterocycles. The van der Waals surface area contributed by atoms with Crippen molar-refractivity contribution in [3.8, 4) is 5.75 Å². The highest BCUT2D eigenvalue weighted by Crippen LogP contribution is 2.22. The maximum atomic E-state index is 5.80. The van der Waals surface area contributed by atoms with E-state index in [0.29, 0.717) is 18.3 Å². The average Bonchev–Trinajstić information content (AvgIpc) is 2.70. The second kappa shape index (κ2) is 9.74. The van der Waals surface area contributed by atoms with E-state index in [1.807, 2.05) is 61.5 Å². The number of rotatable bonds is 7. The van der Waals surface area contributed by atoms with Crippen LogP contribution in [-0.2, 0) is 13.1 Å². The summed E-state index contributed by atoms with van der Waals surface area (Å²) in [6.07, 6.45) is 0. The van der Waals surface area contributed by atoms with E-state index in [1.165, 1.54) is 5.56 Å². The van der Waals surface area contributed by atoms with Crippen molar-refractivity contribution in [2.75, 3.05) is 11.9 Å². The van der Waals surface area contributed by atoms with Crippen LogP contribution in [0.4, 0.5) is 5.69 Å². The molecule has 0 aromatic heterocycles. The average molecular weight is 377 g/mol. The molecular weight excluding hydrogens is 352 g/mol. The Kier molecular flexibility index (Phi) is 6.83.